The number of fused-ring (bicyclic) bond motifs is 1. The second-order valence-electron chi connectivity index (χ2n) is 3.76. The summed E-state index contributed by atoms with van der Waals surface area (Å²) in [4.78, 5) is 4.65. The first-order valence-corrected chi connectivity index (χ1v) is 6.35. The van der Waals surface area contributed by atoms with Crippen LogP contribution in [0.15, 0.2) is 66.7 Å². The molecule has 3 rings (SSSR count). The van der Waals surface area contributed by atoms with Crippen molar-refractivity contribution in [3.8, 4) is 11.3 Å². The van der Waals surface area contributed by atoms with E-state index in [-0.39, 0.29) is 0 Å². The van der Waals surface area contributed by atoms with Crippen LogP contribution in [0.3, 0.4) is 0 Å². The predicted molar refractivity (Wildman–Crippen MR) is 78.5 cm³/mol. The molecule has 0 fully saturated rings. The summed E-state index contributed by atoms with van der Waals surface area (Å²) in [6, 6.07) is 22.6. The minimum atomic E-state index is 1.03. The lowest BCUT2D eigenvalue weighted by Crippen LogP contribution is -1.84. The van der Waals surface area contributed by atoms with Gasteiger partial charge in [-0.25, -0.2) is 4.98 Å². The van der Waals surface area contributed by atoms with E-state index in [1.807, 2.05) is 50.2 Å². The van der Waals surface area contributed by atoms with Crippen molar-refractivity contribution in [3.05, 3.63) is 66.7 Å². The Morgan fingerprint density at radius 1 is 0.667 bits per heavy atom. The number of hydrogen-bond donors (Lipinski definition) is 0. The third kappa shape index (κ3) is 2.57. The van der Waals surface area contributed by atoms with Crippen LogP contribution in [-0.4, -0.2) is 4.98 Å². The van der Waals surface area contributed by atoms with Crippen LogP contribution >= 0.6 is 0 Å². The number of rotatable bonds is 1. The van der Waals surface area contributed by atoms with Gasteiger partial charge in [-0.05, 0) is 12.1 Å². The van der Waals surface area contributed by atoms with E-state index in [2.05, 4.69) is 35.3 Å². The Morgan fingerprint density at radius 2 is 1.33 bits per heavy atom. The molecule has 3 aromatic rings. The predicted octanol–water partition coefficient (Wildman–Crippen LogP) is 4.93. The highest BCUT2D eigenvalue weighted by Gasteiger charge is 1.99. The lowest BCUT2D eigenvalue weighted by atomic mass is 10.1. The highest BCUT2D eigenvalue weighted by atomic mass is 14.7. The first-order chi connectivity index (χ1) is 8.93. The van der Waals surface area contributed by atoms with E-state index in [4.69, 9.17) is 0 Å². The van der Waals surface area contributed by atoms with Crippen molar-refractivity contribution in [2.24, 2.45) is 0 Å². The van der Waals surface area contributed by atoms with Gasteiger partial charge in [0.25, 0.3) is 0 Å². The Balaban J connectivity index is 0.000000574. The quantitative estimate of drug-likeness (QED) is 0.583. The molecular formula is C17H17N. The van der Waals surface area contributed by atoms with E-state index in [0.29, 0.717) is 0 Å². The fraction of sp³-hybridized carbons (Fsp3) is 0.118. The Labute approximate surface area is 108 Å². The highest BCUT2D eigenvalue weighted by Crippen LogP contribution is 2.20. The summed E-state index contributed by atoms with van der Waals surface area (Å²) in [6.07, 6.45) is 0. The fourth-order valence-electron chi connectivity index (χ4n) is 1.84. The Kier molecular flexibility index (Phi) is 4.08. The molecule has 1 heteroatoms. The second kappa shape index (κ2) is 5.97. The van der Waals surface area contributed by atoms with Gasteiger partial charge in [0.1, 0.15) is 0 Å². The Hall–Kier alpha value is -2.15. The normalized spacial score (nSPS) is 9.67. The Bertz CT molecular complexity index is 615. The van der Waals surface area contributed by atoms with Crippen LogP contribution in [0.2, 0.25) is 0 Å². The molecule has 0 aliphatic carbocycles. The van der Waals surface area contributed by atoms with Gasteiger partial charge < -0.3 is 0 Å². The topological polar surface area (TPSA) is 12.9 Å². The molecule has 18 heavy (non-hydrogen) atoms. The molecule has 1 nitrogen and oxygen atoms in total. The van der Waals surface area contributed by atoms with Gasteiger partial charge >= 0.3 is 0 Å². The third-order valence-electron chi connectivity index (χ3n) is 2.67. The van der Waals surface area contributed by atoms with Crippen molar-refractivity contribution in [3.63, 3.8) is 0 Å². The summed E-state index contributed by atoms with van der Waals surface area (Å²) in [6.45, 7) is 4.00. The molecule has 90 valence electrons. The summed E-state index contributed by atoms with van der Waals surface area (Å²) in [5, 5.41) is 1.18. The lowest BCUT2D eigenvalue weighted by molar-refractivity contribution is 1.40. The van der Waals surface area contributed by atoms with Gasteiger partial charge in [0.05, 0.1) is 11.2 Å². The molecule has 1 heterocycles. The molecule has 2 aromatic carbocycles. The van der Waals surface area contributed by atoms with E-state index in [9.17, 15) is 0 Å². The number of aromatic nitrogens is 1. The van der Waals surface area contributed by atoms with Crippen LogP contribution < -0.4 is 0 Å². The molecule has 0 radical (unpaired) electrons. The third-order valence-corrected chi connectivity index (χ3v) is 2.67. The highest BCUT2D eigenvalue weighted by molar-refractivity contribution is 5.81. The molecule has 0 aliphatic heterocycles. The summed E-state index contributed by atoms with van der Waals surface area (Å²) in [5.74, 6) is 0. The largest absolute Gasteiger partial charge is 0.248 e. The van der Waals surface area contributed by atoms with Gasteiger partial charge in [0, 0.05) is 10.9 Å². The molecule has 0 aliphatic rings. The molecule has 0 bridgehead atoms. The fourth-order valence-corrected chi connectivity index (χ4v) is 1.84. The van der Waals surface area contributed by atoms with Crippen LogP contribution in [0.5, 0.6) is 0 Å². The van der Waals surface area contributed by atoms with E-state index in [1.165, 1.54) is 5.39 Å². The number of benzene rings is 2. The molecule has 0 amide bonds. The van der Waals surface area contributed by atoms with Gasteiger partial charge in [-0.3, -0.25) is 0 Å². The minimum Gasteiger partial charge on any atom is -0.248 e. The maximum absolute atomic E-state index is 4.65. The average molecular weight is 235 g/mol. The van der Waals surface area contributed by atoms with Gasteiger partial charge in [-0.2, -0.15) is 0 Å². The van der Waals surface area contributed by atoms with Crippen LogP contribution in [0.4, 0.5) is 0 Å². The second-order valence-corrected chi connectivity index (χ2v) is 3.76. The van der Waals surface area contributed by atoms with Crippen molar-refractivity contribution in [1.82, 2.24) is 4.98 Å². The molecule has 0 spiro atoms. The van der Waals surface area contributed by atoms with Crippen molar-refractivity contribution >= 4 is 10.9 Å². The molecule has 0 atom stereocenters. The van der Waals surface area contributed by atoms with Gasteiger partial charge in [0.2, 0.25) is 0 Å². The van der Waals surface area contributed by atoms with Gasteiger partial charge in [-0.15, -0.1) is 0 Å². The summed E-state index contributed by atoms with van der Waals surface area (Å²) < 4.78 is 0. The van der Waals surface area contributed by atoms with Crippen molar-refractivity contribution in [1.29, 1.82) is 0 Å². The van der Waals surface area contributed by atoms with Crippen molar-refractivity contribution < 1.29 is 0 Å². The van der Waals surface area contributed by atoms with E-state index in [1.54, 1.807) is 0 Å². The first kappa shape index (κ1) is 12.3. The summed E-state index contributed by atoms with van der Waals surface area (Å²) in [7, 11) is 0. The average Bonchev–Trinajstić information content (AvgIpc) is 2.50. The van der Waals surface area contributed by atoms with Crippen molar-refractivity contribution in [2.45, 2.75) is 13.8 Å². The maximum Gasteiger partial charge on any atom is 0.0709 e. The van der Waals surface area contributed by atoms with E-state index < -0.39 is 0 Å². The summed E-state index contributed by atoms with van der Waals surface area (Å²) >= 11 is 0. The number of para-hydroxylation sites is 1. The minimum absolute atomic E-state index is 1.03. The van der Waals surface area contributed by atoms with Gasteiger partial charge in [-0.1, -0.05) is 68.4 Å². The zero-order valence-corrected chi connectivity index (χ0v) is 10.8. The Morgan fingerprint density at radius 3 is 2.11 bits per heavy atom. The lowest BCUT2D eigenvalue weighted by Gasteiger charge is -2.02. The molecule has 0 saturated carbocycles. The molecule has 0 saturated heterocycles. The van der Waals surface area contributed by atoms with Crippen LogP contribution in [-0.2, 0) is 0 Å². The van der Waals surface area contributed by atoms with E-state index >= 15 is 0 Å². The SMILES string of the molecule is CC.c1ccc(-c2ccc3ccccc3n2)cc1. The zero-order valence-electron chi connectivity index (χ0n) is 10.8. The molecule has 0 N–H and O–H groups in total. The van der Waals surface area contributed by atoms with Gasteiger partial charge in [0.15, 0.2) is 0 Å². The van der Waals surface area contributed by atoms with Crippen LogP contribution in [0.1, 0.15) is 13.8 Å². The van der Waals surface area contributed by atoms with E-state index in [0.717, 1.165) is 16.8 Å². The first-order valence-electron chi connectivity index (χ1n) is 6.35. The molecular weight excluding hydrogens is 218 g/mol. The molecule has 1 aromatic heterocycles. The van der Waals surface area contributed by atoms with Crippen LogP contribution in [0.25, 0.3) is 22.2 Å². The van der Waals surface area contributed by atoms with Crippen molar-refractivity contribution in [2.75, 3.05) is 0 Å². The number of nitrogens with zero attached hydrogens (tertiary/aromatic N) is 1. The smallest absolute Gasteiger partial charge is 0.0709 e. The molecule has 0 unspecified atom stereocenters. The maximum atomic E-state index is 4.65. The number of pyridine rings is 1. The zero-order chi connectivity index (χ0) is 12.8. The monoisotopic (exact) mass is 235 g/mol. The number of hydrogen-bond acceptors (Lipinski definition) is 1. The van der Waals surface area contributed by atoms with Crippen LogP contribution in [0, 0.1) is 0 Å². The standard InChI is InChI=1S/C15H11N.C2H6/c1-2-6-12(7-3-1)15-11-10-13-8-4-5-9-14(13)16-15;1-2/h1-11H;1-2H3. The summed E-state index contributed by atoms with van der Waals surface area (Å²) in [5.41, 5.74) is 3.23.